The van der Waals surface area contributed by atoms with E-state index in [4.69, 9.17) is 10.5 Å². The standard InChI is InChI=1S/C12H23FN2O/c1-7(8(2)13)9-6-10(9)15-11(14)16-12(3,4)5/h7-10H,6H2,1-5H3,(H2,14,15). The molecule has 0 saturated heterocycles. The van der Waals surface area contributed by atoms with Crippen LogP contribution in [0.15, 0.2) is 4.99 Å². The van der Waals surface area contributed by atoms with Crippen molar-refractivity contribution in [3.63, 3.8) is 0 Å². The second kappa shape index (κ2) is 4.60. The minimum Gasteiger partial charge on any atom is -0.460 e. The van der Waals surface area contributed by atoms with Gasteiger partial charge in [0.05, 0.1) is 6.04 Å². The maximum Gasteiger partial charge on any atom is 0.282 e. The first-order chi connectivity index (χ1) is 7.20. The molecule has 0 aliphatic heterocycles. The Morgan fingerprint density at radius 2 is 2.00 bits per heavy atom. The van der Waals surface area contributed by atoms with E-state index in [1.54, 1.807) is 6.92 Å². The molecule has 3 nitrogen and oxygen atoms in total. The van der Waals surface area contributed by atoms with E-state index in [1.165, 1.54) is 0 Å². The van der Waals surface area contributed by atoms with Crippen molar-refractivity contribution < 1.29 is 9.13 Å². The third-order valence-corrected chi connectivity index (χ3v) is 2.91. The number of amidine groups is 1. The summed E-state index contributed by atoms with van der Waals surface area (Å²) in [6.07, 6.45) is 0.138. The summed E-state index contributed by atoms with van der Waals surface area (Å²) in [7, 11) is 0. The molecule has 1 rings (SSSR count). The zero-order chi connectivity index (χ0) is 12.5. The molecule has 1 saturated carbocycles. The predicted octanol–water partition coefficient (Wildman–Crippen LogP) is 2.50. The first kappa shape index (κ1) is 13.3. The monoisotopic (exact) mass is 230 g/mol. The lowest BCUT2D eigenvalue weighted by Gasteiger charge is -2.20. The first-order valence-corrected chi connectivity index (χ1v) is 5.87. The number of hydrogen-bond donors (Lipinski definition) is 1. The highest BCUT2D eigenvalue weighted by Gasteiger charge is 2.43. The normalized spacial score (nSPS) is 29.8. The van der Waals surface area contributed by atoms with Crippen LogP contribution in [0.25, 0.3) is 0 Å². The molecule has 4 unspecified atom stereocenters. The number of halogens is 1. The second-order valence-electron chi connectivity index (χ2n) is 5.69. The fraction of sp³-hybridized carbons (Fsp3) is 0.917. The first-order valence-electron chi connectivity index (χ1n) is 5.87. The predicted molar refractivity (Wildman–Crippen MR) is 64.1 cm³/mol. The van der Waals surface area contributed by atoms with Crippen molar-refractivity contribution in [1.29, 1.82) is 0 Å². The zero-order valence-corrected chi connectivity index (χ0v) is 10.8. The van der Waals surface area contributed by atoms with Crippen molar-refractivity contribution in [3.8, 4) is 0 Å². The van der Waals surface area contributed by atoms with Gasteiger partial charge >= 0.3 is 0 Å². The summed E-state index contributed by atoms with van der Waals surface area (Å²) in [4.78, 5) is 4.26. The van der Waals surface area contributed by atoms with Crippen LogP contribution >= 0.6 is 0 Å². The van der Waals surface area contributed by atoms with Crippen LogP contribution < -0.4 is 5.73 Å². The van der Waals surface area contributed by atoms with Gasteiger partial charge in [0.15, 0.2) is 0 Å². The summed E-state index contributed by atoms with van der Waals surface area (Å²) in [5.41, 5.74) is 5.35. The van der Waals surface area contributed by atoms with Gasteiger partial charge in [-0.25, -0.2) is 9.38 Å². The van der Waals surface area contributed by atoms with Crippen LogP contribution in [0.3, 0.4) is 0 Å². The molecular formula is C12H23FN2O. The van der Waals surface area contributed by atoms with Crippen molar-refractivity contribution in [3.05, 3.63) is 0 Å². The van der Waals surface area contributed by atoms with Gasteiger partial charge in [-0.3, -0.25) is 0 Å². The van der Waals surface area contributed by atoms with Gasteiger partial charge in [0, 0.05) is 0 Å². The van der Waals surface area contributed by atoms with Crippen molar-refractivity contribution >= 4 is 6.02 Å². The van der Waals surface area contributed by atoms with E-state index >= 15 is 0 Å². The van der Waals surface area contributed by atoms with Crippen LogP contribution in [-0.4, -0.2) is 23.8 Å². The quantitative estimate of drug-likeness (QED) is 0.598. The molecule has 4 atom stereocenters. The summed E-state index contributed by atoms with van der Waals surface area (Å²) in [5, 5.41) is 0. The van der Waals surface area contributed by atoms with E-state index < -0.39 is 6.17 Å². The molecule has 0 radical (unpaired) electrons. The number of hydrogen-bond acceptors (Lipinski definition) is 2. The molecule has 0 aromatic heterocycles. The molecule has 0 heterocycles. The van der Waals surface area contributed by atoms with Crippen molar-refractivity contribution in [2.24, 2.45) is 22.6 Å². The Hall–Kier alpha value is -0.800. The average Bonchev–Trinajstić information content (AvgIpc) is 2.78. The average molecular weight is 230 g/mol. The molecule has 4 heteroatoms. The number of nitrogens with zero attached hydrogens (tertiary/aromatic N) is 1. The lowest BCUT2D eigenvalue weighted by Crippen LogP contribution is -2.29. The van der Waals surface area contributed by atoms with Crippen LogP contribution in [0.2, 0.25) is 0 Å². The van der Waals surface area contributed by atoms with E-state index in [-0.39, 0.29) is 23.6 Å². The van der Waals surface area contributed by atoms with E-state index in [2.05, 4.69) is 4.99 Å². The van der Waals surface area contributed by atoms with Gasteiger partial charge < -0.3 is 10.5 Å². The highest BCUT2D eigenvalue weighted by atomic mass is 19.1. The number of nitrogens with two attached hydrogens (primary N) is 1. The maximum absolute atomic E-state index is 13.1. The summed E-state index contributed by atoms with van der Waals surface area (Å²) in [6, 6.07) is 0.370. The third-order valence-electron chi connectivity index (χ3n) is 2.91. The maximum atomic E-state index is 13.1. The Morgan fingerprint density at radius 1 is 1.44 bits per heavy atom. The number of alkyl halides is 1. The lowest BCUT2D eigenvalue weighted by molar-refractivity contribution is 0.113. The summed E-state index contributed by atoms with van der Waals surface area (Å²) < 4.78 is 18.5. The van der Waals surface area contributed by atoms with Crippen LogP contribution in [0.1, 0.15) is 41.0 Å². The summed E-state index contributed by atoms with van der Waals surface area (Å²) in [5.74, 6) is 0.373. The van der Waals surface area contributed by atoms with E-state index in [9.17, 15) is 4.39 Å². The Balaban J connectivity index is 2.43. The topological polar surface area (TPSA) is 47.6 Å². The molecule has 16 heavy (non-hydrogen) atoms. The second-order valence-corrected chi connectivity index (χ2v) is 5.69. The molecule has 94 valence electrons. The highest BCUT2D eigenvalue weighted by Crippen LogP contribution is 2.42. The Bertz CT molecular complexity index is 271. The van der Waals surface area contributed by atoms with Gasteiger partial charge in [-0.2, -0.15) is 0 Å². The molecule has 0 bridgehead atoms. The Labute approximate surface area is 97.3 Å². The molecule has 1 aliphatic rings. The van der Waals surface area contributed by atoms with Crippen LogP contribution in [0.4, 0.5) is 4.39 Å². The minimum absolute atomic E-state index is 0.0520. The van der Waals surface area contributed by atoms with Crippen molar-refractivity contribution in [2.45, 2.75) is 58.9 Å². The number of aliphatic imine (C=N–C) groups is 1. The molecule has 0 aromatic carbocycles. The van der Waals surface area contributed by atoms with E-state index in [1.807, 2.05) is 27.7 Å². The SMILES string of the molecule is CC(F)C(C)C1CC1N=C(N)OC(C)(C)C. The molecule has 0 aromatic rings. The molecule has 2 N–H and O–H groups in total. The van der Waals surface area contributed by atoms with Crippen LogP contribution in [0.5, 0.6) is 0 Å². The van der Waals surface area contributed by atoms with Gasteiger partial charge in [0.1, 0.15) is 11.8 Å². The lowest BCUT2D eigenvalue weighted by atomic mass is 10.0. The van der Waals surface area contributed by atoms with Crippen molar-refractivity contribution in [1.82, 2.24) is 0 Å². The molecule has 0 spiro atoms. The number of ether oxygens (including phenoxy) is 1. The third kappa shape index (κ3) is 3.99. The molecule has 1 fully saturated rings. The number of rotatable bonds is 3. The fourth-order valence-electron chi connectivity index (χ4n) is 1.76. The van der Waals surface area contributed by atoms with Gasteiger partial charge in [0.25, 0.3) is 6.02 Å². The van der Waals surface area contributed by atoms with Gasteiger partial charge in [-0.1, -0.05) is 6.92 Å². The summed E-state index contributed by atoms with van der Waals surface area (Å²) >= 11 is 0. The largest absolute Gasteiger partial charge is 0.460 e. The smallest absolute Gasteiger partial charge is 0.282 e. The summed E-state index contributed by atoms with van der Waals surface area (Å²) in [6.45, 7) is 9.29. The highest BCUT2D eigenvalue weighted by molar-refractivity contribution is 5.72. The fourth-order valence-corrected chi connectivity index (χ4v) is 1.76. The zero-order valence-electron chi connectivity index (χ0n) is 10.8. The van der Waals surface area contributed by atoms with Gasteiger partial charge in [-0.15, -0.1) is 0 Å². The molecule has 0 amide bonds. The van der Waals surface area contributed by atoms with Crippen LogP contribution in [-0.2, 0) is 4.74 Å². The van der Waals surface area contributed by atoms with E-state index in [0.29, 0.717) is 5.92 Å². The van der Waals surface area contributed by atoms with Gasteiger partial charge in [0.2, 0.25) is 0 Å². The van der Waals surface area contributed by atoms with Gasteiger partial charge in [-0.05, 0) is 46.0 Å². The minimum atomic E-state index is -0.782. The van der Waals surface area contributed by atoms with E-state index in [0.717, 1.165) is 6.42 Å². The van der Waals surface area contributed by atoms with Crippen LogP contribution in [0, 0.1) is 11.8 Å². The van der Waals surface area contributed by atoms with Crippen molar-refractivity contribution in [2.75, 3.05) is 0 Å². The Kier molecular flexibility index (Phi) is 3.81. The molecular weight excluding hydrogens is 207 g/mol. The Morgan fingerprint density at radius 3 is 2.44 bits per heavy atom. The molecule has 1 aliphatic carbocycles.